The zero-order valence-electron chi connectivity index (χ0n) is 17.1. The van der Waals surface area contributed by atoms with Gasteiger partial charge < -0.3 is 10.3 Å². The topological polar surface area (TPSA) is 116 Å². The Morgan fingerprint density at radius 2 is 1.97 bits per heavy atom. The predicted octanol–water partition coefficient (Wildman–Crippen LogP) is 4.13. The van der Waals surface area contributed by atoms with E-state index in [0.717, 1.165) is 31.3 Å². The molecule has 0 spiro atoms. The van der Waals surface area contributed by atoms with Crippen molar-refractivity contribution < 1.29 is 12.8 Å². The highest BCUT2D eigenvalue weighted by Crippen LogP contribution is 2.39. The molecule has 1 aliphatic carbocycles. The van der Waals surface area contributed by atoms with Crippen LogP contribution in [0.2, 0.25) is 0 Å². The highest BCUT2D eigenvalue weighted by atomic mass is 32.2. The SMILES string of the molecule is Nc1ncnc2c1c(-c1ccc(NS(=O)(=O)c3cccnc3)c(F)c1)cn2C1CCCC1. The Bertz CT molecular complexity index is 1400. The molecule has 1 aliphatic rings. The number of hydrogen-bond donors (Lipinski definition) is 2. The zero-order valence-corrected chi connectivity index (χ0v) is 17.9. The highest BCUT2D eigenvalue weighted by Gasteiger charge is 2.24. The average Bonchev–Trinajstić information content (AvgIpc) is 3.44. The monoisotopic (exact) mass is 452 g/mol. The van der Waals surface area contributed by atoms with Gasteiger partial charge in [-0.1, -0.05) is 18.9 Å². The molecular weight excluding hydrogens is 431 g/mol. The fraction of sp³-hybridized carbons (Fsp3) is 0.227. The third-order valence-corrected chi connectivity index (χ3v) is 7.18. The maximum Gasteiger partial charge on any atom is 0.263 e. The molecule has 1 fully saturated rings. The van der Waals surface area contributed by atoms with Gasteiger partial charge in [-0.25, -0.2) is 22.8 Å². The van der Waals surface area contributed by atoms with Crippen LogP contribution in [0, 0.1) is 5.82 Å². The molecule has 1 saturated carbocycles. The maximum atomic E-state index is 15.0. The van der Waals surface area contributed by atoms with Gasteiger partial charge in [0.1, 0.15) is 28.5 Å². The minimum atomic E-state index is -3.96. The number of nitrogens with two attached hydrogens (primary N) is 1. The van der Waals surface area contributed by atoms with Crippen molar-refractivity contribution in [3.63, 3.8) is 0 Å². The number of benzene rings is 1. The Morgan fingerprint density at radius 1 is 1.16 bits per heavy atom. The Kier molecular flexibility index (Phi) is 5.01. The number of halogens is 1. The number of sulfonamides is 1. The summed E-state index contributed by atoms with van der Waals surface area (Å²) >= 11 is 0. The number of aromatic nitrogens is 4. The second kappa shape index (κ2) is 7.86. The summed E-state index contributed by atoms with van der Waals surface area (Å²) in [5.41, 5.74) is 8.02. The Labute approximate surface area is 184 Å². The lowest BCUT2D eigenvalue weighted by Crippen LogP contribution is -2.14. The van der Waals surface area contributed by atoms with Crippen molar-refractivity contribution in [2.75, 3.05) is 10.5 Å². The first kappa shape index (κ1) is 20.4. The first-order valence-electron chi connectivity index (χ1n) is 10.3. The van der Waals surface area contributed by atoms with Crippen molar-refractivity contribution in [1.82, 2.24) is 19.5 Å². The Hall–Kier alpha value is -3.53. The number of nitrogens with one attached hydrogen (secondary N) is 1. The van der Waals surface area contributed by atoms with Crippen molar-refractivity contribution in [1.29, 1.82) is 0 Å². The van der Waals surface area contributed by atoms with Crippen LogP contribution in [-0.4, -0.2) is 27.9 Å². The fourth-order valence-corrected chi connectivity index (χ4v) is 5.29. The number of hydrogen-bond acceptors (Lipinski definition) is 6. The van der Waals surface area contributed by atoms with Crippen LogP contribution in [0.15, 0.2) is 60.1 Å². The van der Waals surface area contributed by atoms with E-state index >= 15 is 0 Å². The summed E-state index contributed by atoms with van der Waals surface area (Å²) in [6, 6.07) is 7.56. The standard InChI is InChI=1S/C22H21FN6O2S/c23-18-10-14(7-8-19(18)28-32(30,31)16-6-3-9-25-11-16)17-12-29(15-4-1-2-5-15)22-20(17)21(24)26-13-27-22/h3,6-13,15,28H,1-2,4-5H2,(H2,24,26,27). The molecule has 0 aliphatic heterocycles. The number of nitrogen functional groups attached to an aromatic ring is 1. The third-order valence-electron chi connectivity index (χ3n) is 5.83. The number of fused-ring (bicyclic) bond motifs is 1. The summed E-state index contributed by atoms with van der Waals surface area (Å²) in [5.74, 6) is -0.379. The molecular formula is C22H21FN6O2S. The van der Waals surface area contributed by atoms with E-state index in [2.05, 4.69) is 24.2 Å². The highest BCUT2D eigenvalue weighted by molar-refractivity contribution is 7.92. The van der Waals surface area contributed by atoms with E-state index in [1.807, 2.05) is 6.20 Å². The molecule has 0 saturated heterocycles. The van der Waals surface area contributed by atoms with Gasteiger partial charge >= 0.3 is 0 Å². The lowest BCUT2D eigenvalue weighted by atomic mass is 10.1. The van der Waals surface area contributed by atoms with Crippen LogP contribution < -0.4 is 10.5 Å². The molecule has 3 N–H and O–H groups in total. The minimum Gasteiger partial charge on any atom is -0.383 e. The summed E-state index contributed by atoms with van der Waals surface area (Å²) in [4.78, 5) is 12.3. The molecule has 0 atom stereocenters. The average molecular weight is 453 g/mol. The third kappa shape index (κ3) is 3.56. The quantitative estimate of drug-likeness (QED) is 0.470. The molecule has 10 heteroatoms. The van der Waals surface area contributed by atoms with Crippen molar-refractivity contribution in [2.45, 2.75) is 36.6 Å². The summed E-state index contributed by atoms with van der Waals surface area (Å²) < 4.78 is 44.4. The lowest BCUT2D eigenvalue weighted by molar-refractivity contribution is 0.532. The second-order valence-electron chi connectivity index (χ2n) is 7.83. The molecule has 8 nitrogen and oxygen atoms in total. The van der Waals surface area contributed by atoms with E-state index in [4.69, 9.17) is 5.73 Å². The first-order chi connectivity index (χ1) is 15.4. The molecule has 0 amide bonds. The molecule has 0 radical (unpaired) electrons. The largest absolute Gasteiger partial charge is 0.383 e. The van der Waals surface area contributed by atoms with Crippen LogP contribution in [0.25, 0.3) is 22.2 Å². The van der Waals surface area contributed by atoms with E-state index in [1.54, 1.807) is 6.07 Å². The van der Waals surface area contributed by atoms with Gasteiger partial charge in [0.25, 0.3) is 10.0 Å². The number of nitrogens with zero attached hydrogens (tertiary/aromatic N) is 4. The molecule has 4 aromatic rings. The van der Waals surface area contributed by atoms with E-state index in [-0.39, 0.29) is 10.6 Å². The van der Waals surface area contributed by atoms with Crippen molar-refractivity contribution in [2.24, 2.45) is 0 Å². The summed E-state index contributed by atoms with van der Waals surface area (Å²) in [6.07, 6.45) is 10.5. The van der Waals surface area contributed by atoms with Gasteiger partial charge in [-0.05, 0) is 42.7 Å². The lowest BCUT2D eigenvalue weighted by Gasteiger charge is -2.12. The van der Waals surface area contributed by atoms with Crippen LogP contribution in [0.1, 0.15) is 31.7 Å². The molecule has 5 rings (SSSR count). The van der Waals surface area contributed by atoms with Crippen LogP contribution in [0.3, 0.4) is 0 Å². The molecule has 0 bridgehead atoms. The number of pyridine rings is 1. The van der Waals surface area contributed by atoms with Gasteiger partial charge in [0, 0.05) is 30.2 Å². The second-order valence-corrected chi connectivity index (χ2v) is 9.52. The summed E-state index contributed by atoms with van der Waals surface area (Å²) in [6.45, 7) is 0. The van der Waals surface area contributed by atoms with Gasteiger partial charge in [0.15, 0.2) is 0 Å². The van der Waals surface area contributed by atoms with E-state index in [0.29, 0.717) is 28.4 Å². The maximum absolute atomic E-state index is 15.0. The van der Waals surface area contributed by atoms with Crippen LogP contribution in [-0.2, 0) is 10.0 Å². The van der Waals surface area contributed by atoms with Gasteiger partial charge in [-0.15, -0.1) is 0 Å². The van der Waals surface area contributed by atoms with Gasteiger partial charge in [0.05, 0.1) is 11.1 Å². The summed E-state index contributed by atoms with van der Waals surface area (Å²) in [5, 5.41) is 0.669. The molecule has 1 aromatic carbocycles. The molecule has 0 unspecified atom stereocenters. The Morgan fingerprint density at radius 3 is 2.69 bits per heavy atom. The van der Waals surface area contributed by atoms with Crippen LogP contribution in [0.4, 0.5) is 15.9 Å². The number of rotatable bonds is 5. The summed E-state index contributed by atoms with van der Waals surface area (Å²) in [7, 11) is -3.96. The molecule has 3 aromatic heterocycles. The normalized spacial score (nSPS) is 14.8. The van der Waals surface area contributed by atoms with Gasteiger partial charge in [-0.2, -0.15) is 0 Å². The van der Waals surface area contributed by atoms with Crippen LogP contribution >= 0.6 is 0 Å². The van der Waals surface area contributed by atoms with Crippen LogP contribution in [0.5, 0.6) is 0 Å². The smallest absolute Gasteiger partial charge is 0.263 e. The van der Waals surface area contributed by atoms with E-state index < -0.39 is 15.8 Å². The molecule has 3 heterocycles. The molecule has 32 heavy (non-hydrogen) atoms. The van der Waals surface area contributed by atoms with Gasteiger partial charge in [0.2, 0.25) is 0 Å². The predicted molar refractivity (Wildman–Crippen MR) is 120 cm³/mol. The van der Waals surface area contributed by atoms with E-state index in [1.165, 1.54) is 43.0 Å². The first-order valence-corrected chi connectivity index (χ1v) is 11.8. The van der Waals surface area contributed by atoms with Crippen molar-refractivity contribution in [3.05, 3.63) is 61.1 Å². The fourth-order valence-electron chi connectivity index (χ4n) is 4.26. The van der Waals surface area contributed by atoms with Crippen molar-refractivity contribution >= 4 is 32.6 Å². The van der Waals surface area contributed by atoms with Gasteiger partial charge in [-0.3, -0.25) is 9.71 Å². The Balaban J connectivity index is 1.55. The zero-order chi connectivity index (χ0) is 22.3. The molecule has 164 valence electrons. The minimum absolute atomic E-state index is 0.0481. The van der Waals surface area contributed by atoms with Crippen molar-refractivity contribution in [3.8, 4) is 11.1 Å². The number of anilines is 2. The van der Waals surface area contributed by atoms with E-state index in [9.17, 15) is 12.8 Å².